The molecular weight excluding hydrogens is 154 g/mol. The predicted molar refractivity (Wildman–Crippen MR) is 50.3 cm³/mol. The molecule has 0 bridgehead atoms. The number of aliphatic imine (C=N–C) groups is 1. The van der Waals surface area contributed by atoms with Crippen LogP contribution >= 0.6 is 0 Å². The third kappa shape index (κ3) is 3.18. The van der Waals surface area contributed by atoms with Crippen molar-refractivity contribution in [3.05, 3.63) is 12.3 Å². The smallest absolute Gasteiger partial charge is 0.188 e. The second-order valence-corrected chi connectivity index (χ2v) is 2.67. The molecule has 0 aromatic rings. The lowest BCUT2D eigenvalue weighted by molar-refractivity contribution is 0.316. The van der Waals surface area contributed by atoms with Crippen molar-refractivity contribution in [1.82, 2.24) is 0 Å². The Bertz CT molecular complexity index is 218. The van der Waals surface area contributed by atoms with Crippen LogP contribution in [0.15, 0.2) is 17.3 Å². The molecule has 0 aromatic carbocycles. The van der Waals surface area contributed by atoms with Gasteiger partial charge in [-0.05, 0) is 0 Å². The Hall–Kier alpha value is -1.32. The number of amidine groups is 2. The second kappa shape index (κ2) is 4.54. The van der Waals surface area contributed by atoms with E-state index in [2.05, 4.69) is 11.6 Å². The minimum Gasteiger partial charge on any atom is -0.493 e. The summed E-state index contributed by atoms with van der Waals surface area (Å²) < 4.78 is 4.71. The van der Waals surface area contributed by atoms with E-state index in [9.17, 15) is 0 Å². The van der Waals surface area contributed by atoms with Gasteiger partial charge < -0.3 is 10.5 Å². The van der Waals surface area contributed by atoms with Gasteiger partial charge in [-0.15, -0.1) is 0 Å². The van der Waals surface area contributed by atoms with E-state index in [1.165, 1.54) is 7.11 Å². The Morgan fingerprint density at radius 3 is 2.42 bits per heavy atom. The van der Waals surface area contributed by atoms with Crippen molar-refractivity contribution in [3.63, 3.8) is 0 Å². The molecule has 0 spiro atoms. The van der Waals surface area contributed by atoms with E-state index in [1.54, 1.807) is 0 Å². The topological polar surface area (TPSA) is 71.5 Å². The first-order valence-electron chi connectivity index (χ1n) is 3.65. The lowest BCUT2D eigenvalue weighted by Crippen LogP contribution is -2.20. The van der Waals surface area contributed by atoms with Crippen molar-refractivity contribution >= 4 is 11.7 Å². The molecule has 0 atom stereocenters. The molecule has 4 heteroatoms. The Balaban J connectivity index is 4.34. The number of nitrogens with two attached hydrogens (primary N) is 1. The first-order valence-corrected chi connectivity index (χ1v) is 3.65. The van der Waals surface area contributed by atoms with Crippen LogP contribution in [0.3, 0.4) is 0 Å². The second-order valence-electron chi connectivity index (χ2n) is 2.67. The first-order chi connectivity index (χ1) is 5.49. The van der Waals surface area contributed by atoms with Gasteiger partial charge >= 0.3 is 0 Å². The highest BCUT2D eigenvalue weighted by Gasteiger charge is 2.03. The van der Waals surface area contributed by atoms with Gasteiger partial charge in [-0.1, -0.05) is 20.4 Å². The van der Waals surface area contributed by atoms with Crippen LogP contribution in [0.1, 0.15) is 13.8 Å². The standard InChI is InChI=1S/C8H15N3O/c1-5(2)7(9)11-8(10)6(3)12-4/h5H,3H2,1-2,4H3,(H3,9,10,11). The molecule has 0 rings (SSSR count). The maximum atomic E-state index is 7.33. The highest BCUT2D eigenvalue weighted by Crippen LogP contribution is 1.98. The van der Waals surface area contributed by atoms with Gasteiger partial charge in [-0.2, -0.15) is 0 Å². The van der Waals surface area contributed by atoms with Crippen LogP contribution in [-0.4, -0.2) is 18.8 Å². The zero-order valence-corrected chi connectivity index (χ0v) is 7.72. The predicted octanol–water partition coefficient (Wildman–Crippen LogP) is 1.14. The highest BCUT2D eigenvalue weighted by molar-refractivity contribution is 6.02. The number of nitrogens with one attached hydrogen (secondary N) is 1. The summed E-state index contributed by atoms with van der Waals surface area (Å²) in [6.45, 7) is 7.28. The van der Waals surface area contributed by atoms with Crippen molar-refractivity contribution < 1.29 is 4.74 Å². The van der Waals surface area contributed by atoms with E-state index in [4.69, 9.17) is 15.9 Å². The average Bonchev–Trinajstić information content (AvgIpc) is 2.02. The zero-order valence-electron chi connectivity index (χ0n) is 7.72. The summed E-state index contributed by atoms with van der Waals surface area (Å²) in [4.78, 5) is 3.80. The van der Waals surface area contributed by atoms with Gasteiger partial charge in [-0.25, -0.2) is 4.99 Å². The van der Waals surface area contributed by atoms with Crippen molar-refractivity contribution in [2.24, 2.45) is 16.6 Å². The number of hydrogen-bond donors (Lipinski definition) is 2. The molecule has 4 nitrogen and oxygen atoms in total. The molecule has 0 aliphatic heterocycles. The molecule has 3 N–H and O–H groups in total. The molecule has 68 valence electrons. The quantitative estimate of drug-likeness (QED) is 0.378. The molecule has 0 heterocycles. The van der Waals surface area contributed by atoms with Crippen LogP contribution in [0.25, 0.3) is 0 Å². The molecule has 0 radical (unpaired) electrons. The summed E-state index contributed by atoms with van der Waals surface area (Å²) in [5.74, 6) is 0.746. The van der Waals surface area contributed by atoms with E-state index >= 15 is 0 Å². The molecular formula is C8H15N3O. The molecule has 0 aliphatic carbocycles. The van der Waals surface area contributed by atoms with Crippen LogP contribution in [-0.2, 0) is 4.74 Å². The average molecular weight is 169 g/mol. The van der Waals surface area contributed by atoms with Gasteiger partial charge in [-0.3, -0.25) is 5.41 Å². The van der Waals surface area contributed by atoms with Crippen molar-refractivity contribution in [1.29, 1.82) is 5.41 Å². The highest BCUT2D eigenvalue weighted by atomic mass is 16.5. The monoisotopic (exact) mass is 169 g/mol. The summed E-state index contributed by atoms with van der Waals surface area (Å²) >= 11 is 0. The molecule has 0 saturated heterocycles. The minimum atomic E-state index is -0.0244. The van der Waals surface area contributed by atoms with Crippen LogP contribution in [0.2, 0.25) is 0 Å². The number of ether oxygens (including phenoxy) is 1. The fourth-order valence-corrected chi connectivity index (χ4v) is 0.417. The third-order valence-corrected chi connectivity index (χ3v) is 1.34. The summed E-state index contributed by atoms with van der Waals surface area (Å²) in [5.41, 5.74) is 5.52. The zero-order chi connectivity index (χ0) is 9.72. The van der Waals surface area contributed by atoms with E-state index in [1.807, 2.05) is 13.8 Å². The van der Waals surface area contributed by atoms with Crippen LogP contribution in [0, 0.1) is 11.3 Å². The summed E-state index contributed by atoms with van der Waals surface area (Å²) in [5, 5.41) is 7.33. The lowest BCUT2D eigenvalue weighted by Gasteiger charge is -2.05. The van der Waals surface area contributed by atoms with Gasteiger partial charge in [0.25, 0.3) is 0 Å². The largest absolute Gasteiger partial charge is 0.493 e. The van der Waals surface area contributed by atoms with E-state index in [0.717, 1.165) is 0 Å². The van der Waals surface area contributed by atoms with E-state index < -0.39 is 0 Å². The lowest BCUT2D eigenvalue weighted by atomic mass is 10.2. The van der Waals surface area contributed by atoms with Crippen molar-refractivity contribution in [2.45, 2.75) is 13.8 Å². The minimum absolute atomic E-state index is 0.0244. The summed E-state index contributed by atoms with van der Waals surface area (Å²) in [6.07, 6.45) is 0. The SMILES string of the molecule is C=C(OC)C(=N)N=C(N)C(C)C. The third-order valence-electron chi connectivity index (χ3n) is 1.34. The fraction of sp³-hybridized carbons (Fsp3) is 0.500. The molecule has 0 aliphatic rings. The molecule has 0 saturated carbocycles. The van der Waals surface area contributed by atoms with Crippen LogP contribution in [0.5, 0.6) is 0 Å². The van der Waals surface area contributed by atoms with Gasteiger partial charge in [0.05, 0.1) is 7.11 Å². The normalized spacial score (nSPS) is 11.5. The van der Waals surface area contributed by atoms with E-state index in [-0.39, 0.29) is 17.5 Å². The number of methoxy groups -OCH3 is 1. The van der Waals surface area contributed by atoms with Gasteiger partial charge in [0.15, 0.2) is 11.6 Å². The first kappa shape index (κ1) is 10.7. The Morgan fingerprint density at radius 2 is 2.08 bits per heavy atom. The number of hydrogen-bond acceptors (Lipinski definition) is 2. The van der Waals surface area contributed by atoms with Gasteiger partial charge in [0.2, 0.25) is 0 Å². The summed E-state index contributed by atoms with van der Waals surface area (Å²) in [7, 11) is 1.44. The van der Waals surface area contributed by atoms with Crippen LogP contribution in [0.4, 0.5) is 0 Å². The van der Waals surface area contributed by atoms with Gasteiger partial charge in [0, 0.05) is 5.92 Å². The van der Waals surface area contributed by atoms with Crippen molar-refractivity contribution in [3.8, 4) is 0 Å². The molecule has 0 fully saturated rings. The molecule has 0 aromatic heterocycles. The maximum Gasteiger partial charge on any atom is 0.188 e. The number of nitrogens with zero attached hydrogens (tertiary/aromatic N) is 1. The summed E-state index contributed by atoms with van der Waals surface area (Å²) in [6, 6.07) is 0. The Labute approximate surface area is 72.6 Å². The Morgan fingerprint density at radius 1 is 1.58 bits per heavy atom. The maximum absolute atomic E-state index is 7.33. The van der Waals surface area contributed by atoms with Crippen molar-refractivity contribution in [2.75, 3.05) is 7.11 Å². The van der Waals surface area contributed by atoms with E-state index in [0.29, 0.717) is 5.84 Å². The molecule has 0 amide bonds. The van der Waals surface area contributed by atoms with Crippen LogP contribution < -0.4 is 5.73 Å². The molecule has 12 heavy (non-hydrogen) atoms. The molecule has 0 unspecified atom stereocenters. The Kier molecular flexibility index (Phi) is 4.04. The fourth-order valence-electron chi connectivity index (χ4n) is 0.417. The van der Waals surface area contributed by atoms with Gasteiger partial charge in [0.1, 0.15) is 5.84 Å². The number of rotatable bonds is 3.